The Labute approximate surface area is 193 Å². The lowest BCUT2D eigenvalue weighted by Gasteiger charge is -2.14. The van der Waals surface area contributed by atoms with Crippen molar-refractivity contribution in [2.45, 2.75) is 26.9 Å². The van der Waals surface area contributed by atoms with Gasteiger partial charge in [-0.05, 0) is 45.2 Å². The molecule has 3 N–H and O–H groups in total. The maximum atomic E-state index is 13.1. The largest absolute Gasteiger partial charge is 0.491 e. The van der Waals surface area contributed by atoms with Crippen LogP contribution >= 0.6 is 30.7 Å². The maximum Gasteiger partial charge on any atom is 0.351 e. The monoisotopic (exact) mass is 502 g/mol. The highest BCUT2D eigenvalue weighted by Gasteiger charge is 2.15. The van der Waals surface area contributed by atoms with Crippen molar-refractivity contribution >= 4 is 41.7 Å². The summed E-state index contributed by atoms with van der Waals surface area (Å²) in [4.78, 5) is 35.4. The molecule has 174 valence electrons. The number of halogens is 1. The number of amides is 1. The Morgan fingerprint density at radius 3 is 2.56 bits per heavy atom. The molecule has 0 bridgehead atoms. The number of allylic oxidation sites excluding steroid dienone is 3. The molecule has 1 aromatic carbocycles. The summed E-state index contributed by atoms with van der Waals surface area (Å²) >= 11 is 2.07. The highest BCUT2D eigenvalue weighted by molar-refractivity contribution is 8.02. The zero-order chi connectivity index (χ0) is 23.9. The van der Waals surface area contributed by atoms with Crippen molar-refractivity contribution in [3.8, 4) is 11.5 Å². The van der Waals surface area contributed by atoms with Crippen LogP contribution in [0.5, 0.6) is 11.5 Å². The molecule has 0 aliphatic carbocycles. The fraction of sp³-hybridized carbons (Fsp3) is 0.300. The minimum absolute atomic E-state index is 0.0611. The molecule has 0 atom stereocenters. The number of aromatic nitrogens is 1. The van der Waals surface area contributed by atoms with E-state index in [-0.39, 0.29) is 28.7 Å². The van der Waals surface area contributed by atoms with Crippen molar-refractivity contribution in [2.24, 2.45) is 0 Å². The topological polar surface area (TPSA) is 118 Å². The molecule has 32 heavy (non-hydrogen) atoms. The molecule has 0 spiro atoms. The molecular weight excluding hydrogens is 478 g/mol. The predicted octanol–water partition coefficient (Wildman–Crippen LogP) is 5.03. The van der Waals surface area contributed by atoms with Gasteiger partial charge in [-0.15, -0.1) is 11.8 Å². The first-order valence-corrected chi connectivity index (χ1v) is 13.0. The molecule has 8 nitrogen and oxygen atoms in total. The van der Waals surface area contributed by atoms with Gasteiger partial charge in [-0.3, -0.25) is 14.7 Å². The molecule has 0 aliphatic rings. The number of ether oxygens (including phenoxy) is 2. The fourth-order valence-electron chi connectivity index (χ4n) is 2.25. The van der Waals surface area contributed by atoms with Gasteiger partial charge in [0.15, 0.2) is 10.3 Å². The van der Waals surface area contributed by atoms with E-state index in [1.165, 1.54) is 30.8 Å². The molecule has 0 radical (unpaired) electrons. The summed E-state index contributed by atoms with van der Waals surface area (Å²) in [6.45, 7) is 5.14. The van der Waals surface area contributed by atoms with Gasteiger partial charge in [0.2, 0.25) is 0 Å². The molecule has 12 heteroatoms. The van der Waals surface area contributed by atoms with E-state index in [9.17, 15) is 23.5 Å². The minimum Gasteiger partial charge on any atom is -0.491 e. The zero-order valence-corrected chi connectivity index (χ0v) is 20.4. The predicted molar refractivity (Wildman–Crippen MR) is 125 cm³/mol. The molecule has 1 aromatic heterocycles. The van der Waals surface area contributed by atoms with E-state index < -0.39 is 18.6 Å². The van der Waals surface area contributed by atoms with Crippen LogP contribution in [0.3, 0.4) is 0 Å². The second-order valence-corrected chi connectivity index (χ2v) is 10.5. The van der Waals surface area contributed by atoms with Crippen LogP contribution in [-0.4, -0.2) is 39.6 Å². The van der Waals surface area contributed by atoms with E-state index in [4.69, 9.17) is 9.47 Å². The molecule has 0 saturated carbocycles. The summed E-state index contributed by atoms with van der Waals surface area (Å²) in [6.07, 6.45) is 5.60. The first-order valence-electron chi connectivity index (χ1n) is 9.32. The first kappa shape index (κ1) is 26.1. The average Bonchev–Trinajstić information content (AvgIpc) is 3.11. The molecule has 0 unspecified atom stereocenters. The van der Waals surface area contributed by atoms with Gasteiger partial charge in [-0.25, -0.2) is 4.98 Å². The Kier molecular flexibility index (Phi) is 9.47. The van der Waals surface area contributed by atoms with E-state index in [2.05, 4.69) is 10.3 Å². The van der Waals surface area contributed by atoms with Crippen molar-refractivity contribution in [1.82, 2.24) is 4.98 Å². The molecule has 1 heterocycles. The van der Waals surface area contributed by atoms with Gasteiger partial charge in [0.1, 0.15) is 18.1 Å². The third-order valence-electron chi connectivity index (χ3n) is 3.83. The number of rotatable bonds is 10. The van der Waals surface area contributed by atoms with Gasteiger partial charge in [0, 0.05) is 21.8 Å². The number of thioether (sulfide) groups is 1. The summed E-state index contributed by atoms with van der Waals surface area (Å²) in [5.41, 5.74) is 0.237. The third-order valence-corrected chi connectivity index (χ3v) is 6.37. The van der Waals surface area contributed by atoms with Crippen LogP contribution in [0.4, 0.5) is 9.52 Å². The van der Waals surface area contributed by atoms with E-state index >= 15 is 0 Å². The Morgan fingerprint density at radius 1 is 1.31 bits per heavy atom. The van der Waals surface area contributed by atoms with Gasteiger partial charge < -0.3 is 19.3 Å². The standard InChI is InChI=1S/C20H24FN2O6PS2/c1-12(2)29-16-8-14(19(24)23-20-22-10-18(21)32-20)7-15(9-16)28-11-17(31-4)6-5-13(3)30(25,26)27/h5-10,12H,11H2,1-4H3,(H,22,23,24)(H2,25,26,27)/b13-5+,17-6-. The summed E-state index contributed by atoms with van der Waals surface area (Å²) in [5.74, 6) is 0.272. The fourth-order valence-corrected chi connectivity index (χ4v) is 3.44. The Morgan fingerprint density at radius 2 is 2.00 bits per heavy atom. The van der Waals surface area contributed by atoms with E-state index in [0.29, 0.717) is 27.7 Å². The zero-order valence-electron chi connectivity index (χ0n) is 17.9. The Bertz CT molecular complexity index is 1060. The van der Waals surface area contributed by atoms with Gasteiger partial charge in [0.25, 0.3) is 5.91 Å². The SMILES string of the molecule is CS/C(=C\C=C(/C)P(=O)(O)O)COc1cc(OC(C)C)cc(C(=O)Nc2ncc(F)s2)c1. The number of nitrogens with one attached hydrogen (secondary N) is 1. The molecule has 2 aromatic rings. The summed E-state index contributed by atoms with van der Waals surface area (Å²) in [6, 6.07) is 4.69. The second-order valence-electron chi connectivity index (χ2n) is 6.76. The smallest absolute Gasteiger partial charge is 0.351 e. The lowest BCUT2D eigenvalue weighted by Crippen LogP contribution is -2.13. The Hall–Kier alpha value is -2.17. The number of benzene rings is 1. The van der Waals surface area contributed by atoms with Crippen molar-refractivity contribution in [3.05, 3.63) is 57.5 Å². The van der Waals surface area contributed by atoms with Gasteiger partial charge in [-0.1, -0.05) is 17.4 Å². The lowest BCUT2D eigenvalue weighted by molar-refractivity contribution is 0.102. The number of nitrogens with zero attached hydrogens (tertiary/aromatic N) is 1. The summed E-state index contributed by atoms with van der Waals surface area (Å²) in [5, 5.41) is 2.09. The summed E-state index contributed by atoms with van der Waals surface area (Å²) < 4.78 is 35.9. The van der Waals surface area contributed by atoms with Crippen LogP contribution in [0.1, 0.15) is 31.1 Å². The number of thiazole rings is 1. The van der Waals surface area contributed by atoms with E-state index in [1.807, 2.05) is 13.8 Å². The van der Waals surface area contributed by atoms with Gasteiger partial charge in [-0.2, -0.15) is 4.39 Å². The quantitative estimate of drug-likeness (QED) is 0.306. The van der Waals surface area contributed by atoms with Crippen molar-refractivity contribution in [2.75, 3.05) is 18.2 Å². The normalized spacial score (nSPS) is 12.8. The van der Waals surface area contributed by atoms with Crippen molar-refractivity contribution < 1.29 is 33.0 Å². The number of hydrogen-bond donors (Lipinski definition) is 3. The van der Waals surface area contributed by atoms with Crippen molar-refractivity contribution in [3.63, 3.8) is 0 Å². The maximum absolute atomic E-state index is 13.1. The summed E-state index contributed by atoms with van der Waals surface area (Å²) in [7, 11) is -4.29. The second kappa shape index (κ2) is 11.6. The number of anilines is 1. The average molecular weight is 503 g/mol. The van der Waals surface area contributed by atoms with E-state index in [1.54, 1.807) is 24.5 Å². The highest BCUT2D eigenvalue weighted by Crippen LogP contribution is 2.44. The van der Waals surface area contributed by atoms with Crippen LogP contribution in [0.25, 0.3) is 0 Å². The van der Waals surface area contributed by atoms with Gasteiger partial charge >= 0.3 is 7.60 Å². The number of carbonyl (C=O) groups is 1. The Balaban J connectivity index is 2.22. The third kappa shape index (κ3) is 8.40. The van der Waals surface area contributed by atoms with E-state index in [0.717, 1.165) is 6.20 Å². The number of hydrogen-bond acceptors (Lipinski definition) is 7. The van der Waals surface area contributed by atoms with Crippen LogP contribution in [0, 0.1) is 5.13 Å². The van der Waals surface area contributed by atoms with Gasteiger partial charge in [0.05, 0.1) is 12.3 Å². The molecule has 2 rings (SSSR count). The van der Waals surface area contributed by atoms with Crippen LogP contribution in [0.15, 0.2) is 46.8 Å². The molecule has 0 aliphatic heterocycles. The minimum atomic E-state index is -4.29. The first-order chi connectivity index (χ1) is 15.0. The van der Waals surface area contributed by atoms with Crippen molar-refractivity contribution in [1.29, 1.82) is 0 Å². The molecule has 1 amide bonds. The van der Waals surface area contributed by atoms with Crippen LogP contribution in [0.2, 0.25) is 0 Å². The van der Waals surface area contributed by atoms with Crippen LogP contribution < -0.4 is 14.8 Å². The highest BCUT2D eigenvalue weighted by atomic mass is 32.2. The molecular formula is C20H24FN2O6PS2. The molecule has 0 saturated heterocycles. The lowest BCUT2D eigenvalue weighted by atomic mass is 10.2. The molecule has 0 fully saturated rings. The van der Waals surface area contributed by atoms with Crippen LogP contribution in [-0.2, 0) is 4.57 Å². The number of carbonyl (C=O) groups excluding carboxylic acids is 1.